The molecule has 0 aliphatic rings. The fourth-order valence-corrected chi connectivity index (χ4v) is 2.99. The van der Waals surface area contributed by atoms with E-state index in [2.05, 4.69) is 0 Å². The Labute approximate surface area is 155 Å². The molecule has 3 aromatic rings. The number of nitrogens with zero attached hydrogens (tertiary/aromatic N) is 1. The Hall–Kier alpha value is -3.06. The van der Waals surface area contributed by atoms with E-state index < -0.39 is 12.1 Å². The van der Waals surface area contributed by atoms with E-state index in [-0.39, 0.29) is 18.6 Å². The van der Waals surface area contributed by atoms with Crippen molar-refractivity contribution in [1.29, 1.82) is 0 Å². The van der Waals surface area contributed by atoms with Crippen LogP contribution >= 0.6 is 0 Å². The van der Waals surface area contributed by atoms with Gasteiger partial charge in [-0.2, -0.15) is 0 Å². The molecule has 7 heteroatoms. The fraction of sp³-hybridized carbons (Fsp3) is 0.300. The van der Waals surface area contributed by atoms with Crippen molar-refractivity contribution in [2.45, 2.75) is 13.0 Å². The minimum atomic E-state index is -0.962. The van der Waals surface area contributed by atoms with Gasteiger partial charge in [0.2, 0.25) is 5.43 Å². The Balaban J connectivity index is 2.02. The molecule has 0 aliphatic heterocycles. The lowest BCUT2D eigenvalue weighted by Crippen LogP contribution is -2.24. The second-order valence-corrected chi connectivity index (χ2v) is 6.19. The quantitative estimate of drug-likeness (QED) is 0.527. The van der Waals surface area contributed by atoms with Gasteiger partial charge in [0, 0.05) is 31.5 Å². The summed E-state index contributed by atoms with van der Waals surface area (Å²) in [5.41, 5.74) is 1.34. The van der Waals surface area contributed by atoms with Gasteiger partial charge in [0.05, 0.1) is 23.5 Å². The van der Waals surface area contributed by atoms with E-state index in [1.807, 2.05) is 29.8 Å². The van der Waals surface area contributed by atoms with Gasteiger partial charge in [-0.3, -0.25) is 9.59 Å². The molecule has 0 amide bonds. The number of ether oxygens (including phenoxy) is 3. The van der Waals surface area contributed by atoms with Crippen LogP contribution in [0.2, 0.25) is 0 Å². The Morgan fingerprint density at radius 1 is 1.19 bits per heavy atom. The van der Waals surface area contributed by atoms with Crippen molar-refractivity contribution in [2.75, 3.05) is 20.3 Å². The Morgan fingerprint density at radius 3 is 2.63 bits per heavy atom. The summed E-state index contributed by atoms with van der Waals surface area (Å²) in [6.07, 6.45) is -0.962. The molecule has 1 atom stereocenters. The van der Waals surface area contributed by atoms with Gasteiger partial charge >= 0.3 is 5.97 Å². The molecular formula is C20H21NO6. The van der Waals surface area contributed by atoms with E-state index in [0.717, 1.165) is 5.52 Å². The number of carbonyl (C=O) groups is 1. The number of benzene rings is 2. The third kappa shape index (κ3) is 3.73. The van der Waals surface area contributed by atoms with Crippen molar-refractivity contribution in [1.82, 2.24) is 4.57 Å². The largest absolute Gasteiger partial charge is 0.496 e. The topological polar surface area (TPSA) is 87.0 Å². The van der Waals surface area contributed by atoms with E-state index in [1.165, 1.54) is 14.0 Å². The summed E-state index contributed by atoms with van der Waals surface area (Å²) in [5, 5.41) is 10.9. The van der Waals surface area contributed by atoms with Crippen molar-refractivity contribution in [3.63, 3.8) is 0 Å². The molecule has 142 valence electrons. The van der Waals surface area contributed by atoms with Crippen LogP contribution in [0, 0.1) is 0 Å². The number of hydrogen-bond acceptors (Lipinski definition) is 6. The van der Waals surface area contributed by atoms with Gasteiger partial charge in [-0.05, 0) is 12.1 Å². The average molecular weight is 371 g/mol. The van der Waals surface area contributed by atoms with Crippen LogP contribution in [0.3, 0.4) is 0 Å². The molecule has 2 aromatic carbocycles. The van der Waals surface area contributed by atoms with Gasteiger partial charge in [-0.25, -0.2) is 0 Å². The van der Waals surface area contributed by atoms with E-state index in [1.54, 1.807) is 18.2 Å². The molecule has 0 saturated heterocycles. The van der Waals surface area contributed by atoms with E-state index in [9.17, 15) is 14.7 Å². The first kappa shape index (κ1) is 18.7. The van der Waals surface area contributed by atoms with Gasteiger partial charge in [0.1, 0.15) is 30.8 Å². The molecule has 3 rings (SSSR count). The van der Waals surface area contributed by atoms with Crippen LogP contribution in [0.25, 0.3) is 21.8 Å². The number of methoxy groups -OCH3 is 1. The minimum Gasteiger partial charge on any atom is -0.496 e. The molecule has 1 N–H and O–H groups in total. The number of para-hydroxylation sites is 1. The first-order valence-electron chi connectivity index (χ1n) is 8.46. The van der Waals surface area contributed by atoms with Crippen molar-refractivity contribution in [2.24, 2.45) is 7.05 Å². The highest BCUT2D eigenvalue weighted by Crippen LogP contribution is 2.31. The van der Waals surface area contributed by atoms with Crippen LogP contribution in [-0.4, -0.2) is 42.1 Å². The molecule has 1 aromatic heterocycles. The molecular weight excluding hydrogens is 350 g/mol. The van der Waals surface area contributed by atoms with Gasteiger partial charge < -0.3 is 23.9 Å². The van der Waals surface area contributed by atoms with E-state index in [0.29, 0.717) is 27.8 Å². The predicted molar refractivity (Wildman–Crippen MR) is 101 cm³/mol. The summed E-state index contributed by atoms with van der Waals surface area (Å²) in [5.74, 6) is 0.359. The molecule has 0 fully saturated rings. The van der Waals surface area contributed by atoms with Gasteiger partial charge in [-0.15, -0.1) is 0 Å². The van der Waals surface area contributed by atoms with Gasteiger partial charge in [0.25, 0.3) is 0 Å². The van der Waals surface area contributed by atoms with E-state index in [4.69, 9.17) is 14.2 Å². The Kier molecular flexibility index (Phi) is 5.32. The van der Waals surface area contributed by atoms with Crippen LogP contribution in [-0.2, 0) is 16.6 Å². The first-order chi connectivity index (χ1) is 12.9. The number of carbonyl (C=O) groups excluding carboxylic acids is 1. The SMILES string of the molecule is COc1cc(OCC(O)COC(C)=O)cc2c1c(=O)c1ccccc1n2C. The summed E-state index contributed by atoms with van der Waals surface area (Å²) < 4.78 is 17.7. The van der Waals surface area contributed by atoms with Crippen molar-refractivity contribution in [3.05, 3.63) is 46.6 Å². The molecule has 0 spiro atoms. The van der Waals surface area contributed by atoms with Gasteiger partial charge in [0.15, 0.2) is 0 Å². The lowest BCUT2D eigenvalue weighted by atomic mass is 10.1. The highest BCUT2D eigenvalue weighted by atomic mass is 16.5. The maximum absolute atomic E-state index is 12.9. The Bertz CT molecular complexity index is 1060. The number of aryl methyl sites for hydroxylation is 1. The van der Waals surface area contributed by atoms with Crippen LogP contribution in [0.4, 0.5) is 0 Å². The van der Waals surface area contributed by atoms with Crippen molar-refractivity contribution < 1.29 is 24.1 Å². The summed E-state index contributed by atoms with van der Waals surface area (Å²) in [4.78, 5) is 23.7. The zero-order valence-corrected chi connectivity index (χ0v) is 15.4. The number of aliphatic hydroxyl groups excluding tert-OH is 1. The normalized spacial score (nSPS) is 12.1. The summed E-state index contributed by atoms with van der Waals surface area (Å²) in [7, 11) is 3.35. The van der Waals surface area contributed by atoms with Crippen LogP contribution in [0.1, 0.15) is 6.92 Å². The number of rotatable bonds is 6. The van der Waals surface area contributed by atoms with Crippen molar-refractivity contribution >= 4 is 27.8 Å². The van der Waals surface area contributed by atoms with Gasteiger partial charge in [-0.1, -0.05) is 12.1 Å². The number of aliphatic hydroxyl groups is 1. The fourth-order valence-electron chi connectivity index (χ4n) is 2.99. The average Bonchev–Trinajstić information content (AvgIpc) is 2.68. The maximum atomic E-state index is 12.9. The number of fused-ring (bicyclic) bond motifs is 2. The van der Waals surface area contributed by atoms with Crippen LogP contribution < -0.4 is 14.9 Å². The molecule has 0 aliphatic carbocycles. The number of aromatic nitrogens is 1. The number of pyridine rings is 1. The molecule has 0 radical (unpaired) electrons. The molecule has 27 heavy (non-hydrogen) atoms. The second kappa shape index (κ2) is 7.67. The smallest absolute Gasteiger partial charge is 0.302 e. The Morgan fingerprint density at radius 2 is 1.93 bits per heavy atom. The monoisotopic (exact) mass is 371 g/mol. The van der Waals surface area contributed by atoms with Crippen molar-refractivity contribution in [3.8, 4) is 11.5 Å². The summed E-state index contributed by atoms with van der Waals surface area (Å²) >= 11 is 0. The molecule has 1 heterocycles. The molecule has 0 bridgehead atoms. The molecule has 0 saturated carbocycles. The molecule has 7 nitrogen and oxygen atoms in total. The predicted octanol–water partition coefficient (Wildman–Crippen LogP) is 2.00. The molecule has 1 unspecified atom stereocenters. The zero-order valence-electron chi connectivity index (χ0n) is 15.4. The van der Waals surface area contributed by atoms with E-state index >= 15 is 0 Å². The maximum Gasteiger partial charge on any atom is 0.302 e. The lowest BCUT2D eigenvalue weighted by molar-refractivity contribution is -0.144. The highest BCUT2D eigenvalue weighted by molar-refractivity contribution is 5.97. The number of esters is 1. The third-order valence-electron chi connectivity index (χ3n) is 4.29. The van der Waals surface area contributed by atoms with Crippen LogP contribution in [0.15, 0.2) is 41.2 Å². The summed E-state index contributed by atoms with van der Waals surface area (Å²) in [6, 6.07) is 10.7. The number of hydrogen-bond donors (Lipinski definition) is 1. The zero-order chi connectivity index (χ0) is 19.6. The lowest BCUT2D eigenvalue weighted by Gasteiger charge is -2.16. The highest BCUT2D eigenvalue weighted by Gasteiger charge is 2.16. The van der Waals surface area contributed by atoms with Crippen LogP contribution in [0.5, 0.6) is 11.5 Å². The standard InChI is InChI=1S/C20H21NO6/c1-12(22)26-10-13(23)11-27-14-8-17-19(18(9-14)25-3)20(24)15-6-4-5-7-16(15)21(17)2/h4-9,13,23H,10-11H2,1-3H3. The summed E-state index contributed by atoms with van der Waals surface area (Å²) in [6.45, 7) is 1.05. The minimum absolute atomic E-state index is 0.0660. The second-order valence-electron chi connectivity index (χ2n) is 6.19. The first-order valence-corrected chi connectivity index (χ1v) is 8.46. The third-order valence-corrected chi connectivity index (χ3v) is 4.29.